The number of nitrogens with zero attached hydrogens (tertiary/aromatic N) is 5. The third-order valence-electron chi connectivity index (χ3n) is 9.60. The van der Waals surface area contributed by atoms with Gasteiger partial charge in [-0.1, -0.05) is 140 Å². The summed E-state index contributed by atoms with van der Waals surface area (Å²) >= 11 is 0. The number of fused-ring (bicyclic) bond motifs is 5. The molecule has 0 unspecified atom stereocenters. The molecule has 238 valence electrons. The van der Waals surface area contributed by atoms with Gasteiger partial charge < -0.3 is 4.57 Å². The highest BCUT2D eigenvalue weighted by molar-refractivity contribution is 6.12. The van der Waals surface area contributed by atoms with Crippen LogP contribution in [0.4, 0.5) is 0 Å². The standard InChI is InChI=1S/C46H29N5/c1-4-14-30(15-5-1)45-47-39-22-12-10-20-37(39)43(49-45)32-24-26-35-36-27-25-33(29-42(36)51(41(35)28-32)34-18-8-3-9-19-34)44-38-21-11-13-23-40(38)48-46(50-44)31-16-6-2-7-17-31/h1-29H. The van der Waals surface area contributed by atoms with Crippen LogP contribution in [-0.2, 0) is 0 Å². The lowest BCUT2D eigenvalue weighted by atomic mass is 10.0. The number of para-hydroxylation sites is 3. The molecular formula is C46H29N5. The molecule has 10 rings (SSSR count). The van der Waals surface area contributed by atoms with Crippen LogP contribution in [0, 0.1) is 0 Å². The van der Waals surface area contributed by atoms with E-state index in [1.165, 1.54) is 10.8 Å². The van der Waals surface area contributed by atoms with E-state index in [1.807, 2.05) is 48.5 Å². The minimum atomic E-state index is 0.713. The Kier molecular flexibility index (Phi) is 6.74. The lowest BCUT2D eigenvalue weighted by Crippen LogP contribution is -1.97. The van der Waals surface area contributed by atoms with Crippen molar-refractivity contribution < 1.29 is 0 Å². The molecule has 0 aliphatic carbocycles. The van der Waals surface area contributed by atoms with Crippen LogP contribution in [0.3, 0.4) is 0 Å². The first-order valence-corrected chi connectivity index (χ1v) is 17.1. The van der Waals surface area contributed by atoms with Crippen molar-refractivity contribution in [2.45, 2.75) is 0 Å². The van der Waals surface area contributed by atoms with Gasteiger partial charge in [-0.25, -0.2) is 19.9 Å². The minimum Gasteiger partial charge on any atom is -0.309 e. The first-order chi connectivity index (χ1) is 25.3. The van der Waals surface area contributed by atoms with Crippen LogP contribution in [0.15, 0.2) is 176 Å². The smallest absolute Gasteiger partial charge is 0.160 e. The topological polar surface area (TPSA) is 56.5 Å². The van der Waals surface area contributed by atoms with Gasteiger partial charge in [0.15, 0.2) is 11.6 Å². The maximum atomic E-state index is 5.19. The third kappa shape index (κ3) is 4.94. The van der Waals surface area contributed by atoms with Crippen molar-refractivity contribution in [2.75, 3.05) is 0 Å². The van der Waals surface area contributed by atoms with Gasteiger partial charge in [0.2, 0.25) is 0 Å². The quantitative estimate of drug-likeness (QED) is 0.186. The Hall–Kier alpha value is -6.98. The zero-order valence-electron chi connectivity index (χ0n) is 27.5. The summed E-state index contributed by atoms with van der Waals surface area (Å²) in [6, 6.07) is 60.9. The van der Waals surface area contributed by atoms with Crippen LogP contribution in [0.2, 0.25) is 0 Å². The molecule has 0 fully saturated rings. The summed E-state index contributed by atoms with van der Waals surface area (Å²) in [6.45, 7) is 0. The van der Waals surface area contributed by atoms with Crippen molar-refractivity contribution in [3.8, 4) is 51.0 Å². The molecule has 3 aromatic heterocycles. The highest BCUT2D eigenvalue weighted by Gasteiger charge is 2.19. The van der Waals surface area contributed by atoms with Gasteiger partial charge in [0.1, 0.15) is 0 Å². The SMILES string of the molecule is c1ccc(-c2nc(-c3ccc4c5ccc(-c6nc(-c7ccccc7)nc7ccccc67)cc5n(-c5ccccc5)c4c3)c3ccccc3n2)cc1. The zero-order chi connectivity index (χ0) is 33.7. The highest BCUT2D eigenvalue weighted by Crippen LogP contribution is 2.39. The molecular weight excluding hydrogens is 623 g/mol. The van der Waals surface area contributed by atoms with Gasteiger partial charge in [0.25, 0.3) is 0 Å². The maximum Gasteiger partial charge on any atom is 0.160 e. The summed E-state index contributed by atoms with van der Waals surface area (Å²) in [4.78, 5) is 20.3. The Bertz CT molecular complexity index is 2720. The molecule has 5 nitrogen and oxygen atoms in total. The average molecular weight is 652 g/mol. The summed E-state index contributed by atoms with van der Waals surface area (Å²) < 4.78 is 2.36. The molecule has 0 amide bonds. The van der Waals surface area contributed by atoms with Crippen molar-refractivity contribution >= 4 is 43.6 Å². The second kappa shape index (κ2) is 11.9. The van der Waals surface area contributed by atoms with Crippen LogP contribution in [0.25, 0.3) is 94.6 Å². The van der Waals surface area contributed by atoms with Gasteiger partial charge in [-0.15, -0.1) is 0 Å². The zero-order valence-corrected chi connectivity index (χ0v) is 27.5. The van der Waals surface area contributed by atoms with E-state index in [9.17, 15) is 0 Å². The normalized spacial score (nSPS) is 11.5. The average Bonchev–Trinajstić information content (AvgIpc) is 3.54. The van der Waals surface area contributed by atoms with E-state index in [1.54, 1.807) is 0 Å². The molecule has 51 heavy (non-hydrogen) atoms. The summed E-state index contributed by atoms with van der Waals surface area (Å²) in [7, 11) is 0. The Morgan fingerprint density at radius 1 is 0.314 bits per heavy atom. The Balaban J connectivity index is 1.22. The summed E-state index contributed by atoms with van der Waals surface area (Å²) in [5, 5.41) is 4.38. The summed E-state index contributed by atoms with van der Waals surface area (Å²) in [6.07, 6.45) is 0. The van der Waals surface area contributed by atoms with Gasteiger partial charge in [0.05, 0.1) is 33.5 Å². The predicted octanol–water partition coefficient (Wildman–Crippen LogP) is 11.3. The van der Waals surface area contributed by atoms with Crippen molar-refractivity contribution in [3.05, 3.63) is 176 Å². The lowest BCUT2D eigenvalue weighted by molar-refractivity contribution is 1.18. The van der Waals surface area contributed by atoms with Crippen LogP contribution >= 0.6 is 0 Å². The molecule has 0 saturated heterocycles. The molecule has 10 aromatic rings. The van der Waals surface area contributed by atoms with Crippen molar-refractivity contribution in [3.63, 3.8) is 0 Å². The molecule has 0 atom stereocenters. The number of hydrogen-bond acceptors (Lipinski definition) is 4. The van der Waals surface area contributed by atoms with Crippen LogP contribution in [0.5, 0.6) is 0 Å². The van der Waals surface area contributed by atoms with Gasteiger partial charge in [-0.05, 0) is 36.4 Å². The number of rotatable bonds is 5. The first kappa shape index (κ1) is 29.0. The van der Waals surface area contributed by atoms with Gasteiger partial charge in [0, 0.05) is 49.5 Å². The van der Waals surface area contributed by atoms with Crippen LogP contribution in [0.1, 0.15) is 0 Å². The Morgan fingerprint density at radius 3 is 1.20 bits per heavy atom. The molecule has 0 N–H and O–H groups in total. The summed E-state index contributed by atoms with van der Waals surface area (Å²) in [5.41, 5.74) is 11.0. The second-order valence-electron chi connectivity index (χ2n) is 12.7. The molecule has 0 aliphatic rings. The molecule has 0 saturated carbocycles. The number of benzene rings is 7. The second-order valence-corrected chi connectivity index (χ2v) is 12.7. The van der Waals surface area contributed by atoms with Gasteiger partial charge in [-0.2, -0.15) is 0 Å². The van der Waals surface area contributed by atoms with E-state index in [4.69, 9.17) is 19.9 Å². The third-order valence-corrected chi connectivity index (χ3v) is 9.60. The number of hydrogen-bond donors (Lipinski definition) is 0. The van der Waals surface area contributed by atoms with E-state index < -0.39 is 0 Å². The molecule has 0 aliphatic heterocycles. The Morgan fingerprint density at radius 2 is 0.725 bits per heavy atom. The fourth-order valence-electron chi connectivity index (χ4n) is 7.19. The molecule has 7 aromatic carbocycles. The van der Waals surface area contributed by atoms with Gasteiger partial charge >= 0.3 is 0 Å². The Labute approximate surface area is 294 Å². The highest BCUT2D eigenvalue weighted by atomic mass is 15.0. The predicted molar refractivity (Wildman–Crippen MR) is 209 cm³/mol. The molecule has 3 heterocycles. The monoisotopic (exact) mass is 651 g/mol. The van der Waals surface area contributed by atoms with Crippen molar-refractivity contribution in [2.24, 2.45) is 0 Å². The molecule has 0 radical (unpaired) electrons. The van der Waals surface area contributed by atoms with E-state index >= 15 is 0 Å². The largest absolute Gasteiger partial charge is 0.309 e. The van der Waals surface area contributed by atoms with Crippen molar-refractivity contribution in [1.82, 2.24) is 24.5 Å². The number of aromatic nitrogens is 5. The fraction of sp³-hybridized carbons (Fsp3) is 0. The van der Waals surface area contributed by atoms with Gasteiger partial charge in [-0.3, -0.25) is 0 Å². The first-order valence-electron chi connectivity index (χ1n) is 17.1. The van der Waals surface area contributed by atoms with E-state index in [2.05, 4.69) is 132 Å². The van der Waals surface area contributed by atoms with E-state index in [0.717, 1.165) is 72.2 Å². The molecule has 0 bridgehead atoms. The summed E-state index contributed by atoms with van der Waals surface area (Å²) in [5.74, 6) is 1.43. The van der Waals surface area contributed by atoms with E-state index in [0.29, 0.717) is 11.6 Å². The lowest BCUT2D eigenvalue weighted by Gasteiger charge is -2.12. The molecule has 5 heteroatoms. The van der Waals surface area contributed by atoms with E-state index in [-0.39, 0.29) is 0 Å². The molecule has 0 spiro atoms. The fourth-order valence-corrected chi connectivity index (χ4v) is 7.19. The minimum absolute atomic E-state index is 0.713. The van der Waals surface area contributed by atoms with Crippen molar-refractivity contribution in [1.29, 1.82) is 0 Å². The van der Waals surface area contributed by atoms with Crippen LogP contribution < -0.4 is 0 Å². The maximum absolute atomic E-state index is 5.19. The van der Waals surface area contributed by atoms with Crippen LogP contribution in [-0.4, -0.2) is 24.5 Å².